The van der Waals surface area contributed by atoms with Crippen molar-refractivity contribution in [2.75, 3.05) is 6.61 Å². The fraction of sp³-hybridized carbons (Fsp3) is 0.200. The smallest absolute Gasteiger partial charge is 0.342 e. The number of benzene rings is 2. The van der Waals surface area contributed by atoms with Crippen LogP contribution in [0.4, 0.5) is 0 Å². The monoisotopic (exact) mass is 337 g/mol. The lowest BCUT2D eigenvalue weighted by atomic mass is 10.2. The first-order valence-corrected chi connectivity index (χ1v) is 8.09. The van der Waals surface area contributed by atoms with Crippen molar-refractivity contribution in [1.82, 2.24) is 4.98 Å². The summed E-state index contributed by atoms with van der Waals surface area (Å²) in [5.41, 5.74) is 1.87. The van der Waals surface area contributed by atoms with Crippen LogP contribution >= 0.6 is 0 Å². The lowest BCUT2D eigenvalue weighted by Crippen LogP contribution is -2.08. The molecule has 25 heavy (non-hydrogen) atoms. The highest BCUT2D eigenvalue weighted by Crippen LogP contribution is 2.23. The average molecular weight is 337 g/mol. The second kappa shape index (κ2) is 7.66. The number of aryl methyl sites for hydroxylation is 1. The molecule has 0 saturated carbocycles. The van der Waals surface area contributed by atoms with Gasteiger partial charge in [0.1, 0.15) is 29.4 Å². The van der Waals surface area contributed by atoms with Crippen LogP contribution in [-0.2, 0) is 11.3 Å². The van der Waals surface area contributed by atoms with Crippen LogP contribution in [0.5, 0.6) is 5.75 Å². The molecule has 0 aliphatic heterocycles. The predicted octanol–water partition coefficient (Wildman–Crippen LogP) is 4.41. The number of carbonyl (C=O) groups excluding carboxylic acids is 1. The SMILES string of the molecule is CCOc1ccccc1C(=O)OCc1nc(-c2ccccc2)oc1C. The molecule has 5 heteroatoms. The third-order valence-corrected chi connectivity index (χ3v) is 3.66. The first kappa shape index (κ1) is 16.8. The van der Waals surface area contributed by atoms with Crippen molar-refractivity contribution in [2.45, 2.75) is 20.5 Å². The van der Waals surface area contributed by atoms with Gasteiger partial charge in [-0.25, -0.2) is 9.78 Å². The lowest BCUT2D eigenvalue weighted by Gasteiger charge is -2.09. The van der Waals surface area contributed by atoms with Crippen LogP contribution in [0.1, 0.15) is 28.7 Å². The zero-order valence-electron chi connectivity index (χ0n) is 14.2. The summed E-state index contributed by atoms with van der Waals surface area (Å²) in [4.78, 5) is 16.8. The van der Waals surface area contributed by atoms with E-state index < -0.39 is 5.97 Å². The molecule has 0 unspecified atom stereocenters. The Morgan fingerprint density at radius 3 is 2.56 bits per heavy atom. The van der Waals surface area contributed by atoms with Crippen molar-refractivity contribution >= 4 is 5.97 Å². The molecule has 0 aliphatic carbocycles. The molecule has 2 aromatic carbocycles. The van der Waals surface area contributed by atoms with E-state index in [9.17, 15) is 4.79 Å². The maximum Gasteiger partial charge on any atom is 0.342 e. The molecule has 0 aliphatic rings. The highest BCUT2D eigenvalue weighted by molar-refractivity contribution is 5.92. The Bertz CT molecular complexity index is 855. The van der Waals surface area contributed by atoms with Crippen molar-refractivity contribution < 1.29 is 18.7 Å². The van der Waals surface area contributed by atoms with Crippen LogP contribution in [0, 0.1) is 6.92 Å². The summed E-state index contributed by atoms with van der Waals surface area (Å²) in [6.07, 6.45) is 0. The largest absolute Gasteiger partial charge is 0.493 e. The summed E-state index contributed by atoms with van der Waals surface area (Å²) in [6, 6.07) is 16.6. The molecule has 3 rings (SSSR count). The molecule has 0 N–H and O–H groups in total. The van der Waals surface area contributed by atoms with Gasteiger partial charge in [0.05, 0.1) is 6.61 Å². The van der Waals surface area contributed by atoms with Crippen molar-refractivity contribution in [2.24, 2.45) is 0 Å². The summed E-state index contributed by atoms with van der Waals surface area (Å²) in [6.45, 7) is 4.19. The molecule has 0 spiro atoms. The van der Waals surface area contributed by atoms with Gasteiger partial charge in [0.2, 0.25) is 5.89 Å². The fourth-order valence-electron chi connectivity index (χ4n) is 2.39. The number of hydrogen-bond donors (Lipinski definition) is 0. The summed E-state index contributed by atoms with van der Waals surface area (Å²) < 4.78 is 16.5. The molecule has 0 amide bonds. The quantitative estimate of drug-likeness (QED) is 0.624. The van der Waals surface area contributed by atoms with Crippen LogP contribution in [-0.4, -0.2) is 17.6 Å². The van der Waals surface area contributed by atoms with Crippen molar-refractivity contribution in [1.29, 1.82) is 0 Å². The summed E-state index contributed by atoms with van der Waals surface area (Å²) >= 11 is 0. The Morgan fingerprint density at radius 2 is 1.80 bits per heavy atom. The minimum atomic E-state index is -0.451. The Labute approximate surface area is 146 Å². The molecule has 128 valence electrons. The van der Waals surface area contributed by atoms with Gasteiger partial charge >= 0.3 is 5.97 Å². The maximum atomic E-state index is 12.3. The van der Waals surface area contributed by atoms with Crippen molar-refractivity contribution in [3.8, 4) is 17.2 Å². The minimum absolute atomic E-state index is 0.0431. The van der Waals surface area contributed by atoms with Gasteiger partial charge in [0, 0.05) is 5.56 Å². The Kier molecular flexibility index (Phi) is 5.14. The van der Waals surface area contributed by atoms with Crippen LogP contribution < -0.4 is 4.74 Å². The predicted molar refractivity (Wildman–Crippen MR) is 93.4 cm³/mol. The number of aromatic nitrogens is 1. The number of esters is 1. The molecule has 1 heterocycles. The van der Waals surface area contributed by atoms with Crippen LogP contribution in [0.15, 0.2) is 59.0 Å². The number of nitrogens with zero attached hydrogens (tertiary/aromatic N) is 1. The second-order valence-corrected chi connectivity index (χ2v) is 5.39. The van der Waals surface area contributed by atoms with E-state index in [2.05, 4.69) is 4.98 Å². The van der Waals surface area contributed by atoms with Gasteiger partial charge in [-0.1, -0.05) is 30.3 Å². The summed E-state index contributed by atoms with van der Waals surface area (Å²) in [5.74, 6) is 1.20. The van der Waals surface area contributed by atoms with E-state index in [0.29, 0.717) is 35.3 Å². The highest BCUT2D eigenvalue weighted by Gasteiger charge is 2.16. The standard InChI is InChI=1S/C20H19NO4/c1-3-23-18-12-8-7-11-16(18)20(22)24-13-17-14(2)25-19(21-17)15-9-5-4-6-10-15/h4-12H,3,13H2,1-2H3. The number of para-hydroxylation sites is 1. The third-order valence-electron chi connectivity index (χ3n) is 3.66. The van der Waals surface area contributed by atoms with E-state index in [1.54, 1.807) is 25.1 Å². The maximum absolute atomic E-state index is 12.3. The van der Waals surface area contributed by atoms with E-state index in [0.717, 1.165) is 5.56 Å². The van der Waals surface area contributed by atoms with Gasteiger partial charge in [0.15, 0.2) is 0 Å². The number of carbonyl (C=O) groups is 1. The number of oxazole rings is 1. The average Bonchev–Trinajstić information content (AvgIpc) is 3.02. The molecular weight excluding hydrogens is 318 g/mol. The van der Waals surface area contributed by atoms with E-state index in [4.69, 9.17) is 13.9 Å². The Morgan fingerprint density at radius 1 is 1.08 bits per heavy atom. The van der Waals surface area contributed by atoms with Gasteiger partial charge in [-0.05, 0) is 38.1 Å². The molecule has 0 bridgehead atoms. The van der Waals surface area contributed by atoms with Crippen LogP contribution in [0.2, 0.25) is 0 Å². The first-order valence-electron chi connectivity index (χ1n) is 8.09. The molecule has 0 fully saturated rings. The van der Waals surface area contributed by atoms with E-state index >= 15 is 0 Å². The number of rotatable bonds is 6. The van der Waals surface area contributed by atoms with Gasteiger partial charge in [-0.2, -0.15) is 0 Å². The van der Waals surface area contributed by atoms with Crippen molar-refractivity contribution in [3.63, 3.8) is 0 Å². The topological polar surface area (TPSA) is 61.6 Å². The second-order valence-electron chi connectivity index (χ2n) is 5.39. The van der Waals surface area contributed by atoms with E-state index in [1.165, 1.54) is 0 Å². The van der Waals surface area contributed by atoms with Gasteiger partial charge in [-0.15, -0.1) is 0 Å². The molecule has 5 nitrogen and oxygen atoms in total. The van der Waals surface area contributed by atoms with Crippen LogP contribution in [0.3, 0.4) is 0 Å². The van der Waals surface area contributed by atoms with E-state index in [1.807, 2.05) is 43.3 Å². The van der Waals surface area contributed by atoms with Crippen LogP contribution in [0.25, 0.3) is 11.5 Å². The van der Waals surface area contributed by atoms with E-state index in [-0.39, 0.29) is 6.61 Å². The van der Waals surface area contributed by atoms with Gasteiger partial charge in [0.25, 0.3) is 0 Å². The summed E-state index contributed by atoms with van der Waals surface area (Å²) in [7, 11) is 0. The van der Waals surface area contributed by atoms with Gasteiger partial charge < -0.3 is 13.9 Å². The molecule has 0 saturated heterocycles. The first-order chi connectivity index (χ1) is 12.2. The molecule has 0 radical (unpaired) electrons. The molecular formula is C20H19NO4. The summed E-state index contributed by atoms with van der Waals surface area (Å²) in [5, 5.41) is 0. The molecule has 1 aromatic heterocycles. The molecule has 3 aromatic rings. The zero-order chi connectivity index (χ0) is 17.6. The lowest BCUT2D eigenvalue weighted by molar-refractivity contribution is 0.0462. The Balaban J connectivity index is 1.72. The van der Waals surface area contributed by atoms with Crippen molar-refractivity contribution in [3.05, 3.63) is 71.6 Å². The normalized spacial score (nSPS) is 10.5. The Hall–Kier alpha value is -3.08. The van der Waals surface area contributed by atoms with Gasteiger partial charge in [-0.3, -0.25) is 0 Å². The molecule has 0 atom stereocenters. The highest BCUT2D eigenvalue weighted by atomic mass is 16.5. The number of hydrogen-bond acceptors (Lipinski definition) is 5. The number of ether oxygens (including phenoxy) is 2. The zero-order valence-corrected chi connectivity index (χ0v) is 14.2. The minimum Gasteiger partial charge on any atom is -0.493 e. The fourth-order valence-corrected chi connectivity index (χ4v) is 2.39. The third kappa shape index (κ3) is 3.88.